The number of furan rings is 1. The van der Waals surface area contributed by atoms with Crippen molar-refractivity contribution in [2.24, 2.45) is 5.92 Å². The van der Waals surface area contributed by atoms with Crippen molar-refractivity contribution < 1.29 is 9.21 Å². The maximum absolute atomic E-state index is 12.1. The van der Waals surface area contributed by atoms with Crippen molar-refractivity contribution >= 4 is 5.91 Å². The summed E-state index contributed by atoms with van der Waals surface area (Å²) in [7, 11) is 0. The second-order valence-corrected chi connectivity index (χ2v) is 5.47. The molecule has 3 rings (SSSR count). The second kappa shape index (κ2) is 5.15. The highest BCUT2D eigenvalue weighted by molar-refractivity contribution is 5.92. The summed E-state index contributed by atoms with van der Waals surface area (Å²) in [5.74, 6) is 2.64. The van der Waals surface area contributed by atoms with Crippen LogP contribution in [0.1, 0.15) is 34.1 Å². The summed E-state index contributed by atoms with van der Waals surface area (Å²) in [6, 6.07) is 1.88. The van der Waals surface area contributed by atoms with E-state index in [-0.39, 0.29) is 5.91 Å². The van der Waals surface area contributed by atoms with E-state index in [1.165, 1.54) is 0 Å². The predicted molar refractivity (Wildman–Crippen MR) is 74.6 cm³/mol. The Morgan fingerprint density at radius 3 is 3.15 bits per heavy atom. The summed E-state index contributed by atoms with van der Waals surface area (Å²) in [5.41, 5.74) is 0.888. The number of hydrogen-bond donors (Lipinski definition) is 1. The molecule has 0 spiro atoms. The van der Waals surface area contributed by atoms with Crippen LogP contribution < -0.4 is 5.32 Å². The molecule has 5 nitrogen and oxygen atoms in total. The highest BCUT2D eigenvalue weighted by Gasteiger charge is 2.21. The molecule has 1 atom stereocenters. The number of hydrogen-bond acceptors (Lipinski definition) is 3. The number of nitrogens with zero attached hydrogens (tertiary/aromatic N) is 2. The molecule has 0 unspecified atom stereocenters. The number of aromatic nitrogens is 2. The van der Waals surface area contributed by atoms with Crippen LogP contribution >= 0.6 is 0 Å². The first kappa shape index (κ1) is 13.0. The van der Waals surface area contributed by atoms with E-state index in [1.807, 2.05) is 32.3 Å². The van der Waals surface area contributed by atoms with Crippen LogP contribution in [0, 0.1) is 19.8 Å². The van der Waals surface area contributed by atoms with E-state index in [2.05, 4.69) is 14.9 Å². The normalized spacial score (nSPS) is 17.8. The number of imidazole rings is 1. The topological polar surface area (TPSA) is 60.1 Å². The summed E-state index contributed by atoms with van der Waals surface area (Å²) < 4.78 is 7.61. The molecule has 1 aliphatic heterocycles. The first-order valence-corrected chi connectivity index (χ1v) is 6.98. The van der Waals surface area contributed by atoms with Gasteiger partial charge >= 0.3 is 0 Å². The van der Waals surface area contributed by atoms with Crippen LogP contribution in [0.2, 0.25) is 0 Å². The molecule has 2 aromatic heterocycles. The minimum absolute atomic E-state index is 0.121. The van der Waals surface area contributed by atoms with Crippen LogP contribution in [0.4, 0.5) is 0 Å². The standard InChI is InChI=1S/C15H19N3O2/c1-10-7-11(2)20-14(10)15(19)17-9-12-3-5-18-6-4-16-13(18)8-12/h4,6-7,12H,3,5,8-9H2,1-2H3,(H,17,19)/t12-/m1/s1. The van der Waals surface area contributed by atoms with Crippen molar-refractivity contribution in [3.63, 3.8) is 0 Å². The molecule has 0 fully saturated rings. The van der Waals surface area contributed by atoms with Gasteiger partial charge in [-0.1, -0.05) is 0 Å². The molecule has 1 aliphatic rings. The predicted octanol–water partition coefficient (Wildman–Crippen LogP) is 2.09. The first-order valence-electron chi connectivity index (χ1n) is 6.98. The first-order chi connectivity index (χ1) is 9.63. The number of carbonyl (C=O) groups is 1. The number of nitrogens with one attached hydrogen (secondary N) is 1. The van der Waals surface area contributed by atoms with Crippen molar-refractivity contribution in [1.29, 1.82) is 0 Å². The molecule has 0 saturated heterocycles. The van der Waals surface area contributed by atoms with Gasteiger partial charge in [-0.25, -0.2) is 4.98 Å². The van der Waals surface area contributed by atoms with Crippen LogP contribution in [0.5, 0.6) is 0 Å². The Balaban J connectivity index is 1.58. The molecule has 20 heavy (non-hydrogen) atoms. The zero-order valence-electron chi connectivity index (χ0n) is 11.8. The Morgan fingerprint density at radius 1 is 1.55 bits per heavy atom. The van der Waals surface area contributed by atoms with Crippen molar-refractivity contribution in [2.75, 3.05) is 6.54 Å². The summed E-state index contributed by atoms with van der Waals surface area (Å²) >= 11 is 0. The van der Waals surface area contributed by atoms with Crippen LogP contribution in [-0.2, 0) is 13.0 Å². The van der Waals surface area contributed by atoms with E-state index in [0.717, 1.165) is 36.5 Å². The van der Waals surface area contributed by atoms with Crippen molar-refractivity contribution in [1.82, 2.24) is 14.9 Å². The van der Waals surface area contributed by atoms with Gasteiger partial charge in [0.1, 0.15) is 11.6 Å². The fourth-order valence-electron chi connectivity index (χ4n) is 2.77. The Hall–Kier alpha value is -2.04. The fraction of sp³-hybridized carbons (Fsp3) is 0.467. The highest BCUT2D eigenvalue weighted by atomic mass is 16.3. The van der Waals surface area contributed by atoms with Crippen molar-refractivity contribution in [2.45, 2.75) is 33.2 Å². The maximum atomic E-state index is 12.1. The lowest BCUT2D eigenvalue weighted by Crippen LogP contribution is -2.33. The van der Waals surface area contributed by atoms with Crippen LogP contribution in [0.15, 0.2) is 22.9 Å². The van der Waals surface area contributed by atoms with Gasteiger partial charge in [0.25, 0.3) is 5.91 Å². The van der Waals surface area contributed by atoms with Gasteiger partial charge in [0.2, 0.25) is 0 Å². The average Bonchev–Trinajstić information content (AvgIpc) is 3.01. The highest BCUT2D eigenvalue weighted by Crippen LogP contribution is 2.19. The van der Waals surface area contributed by atoms with Gasteiger partial charge < -0.3 is 14.3 Å². The summed E-state index contributed by atoms with van der Waals surface area (Å²) in [6.45, 7) is 5.40. The average molecular weight is 273 g/mol. The van der Waals surface area contributed by atoms with E-state index in [1.54, 1.807) is 0 Å². The second-order valence-electron chi connectivity index (χ2n) is 5.47. The molecule has 0 aliphatic carbocycles. The van der Waals surface area contributed by atoms with Gasteiger partial charge in [-0.3, -0.25) is 4.79 Å². The lowest BCUT2D eigenvalue weighted by molar-refractivity contribution is 0.0914. The van der Waals surface area contributed by atoms with Crippen molar-refractivity contribution in [3.05, 3.63) is 41.4 Å². The molecular weight excluding hydrogens is 254 g/mol. The minimum Gasteiger partial charge on any atom is -0.456 e. The Labute approximate surface area is 118 Å². The van der Waals surface area contributed by atoms with Gasteiger partial charge in [0.05, 0.1) is 0 Å². The fourth-order valence-corrected chi connectivity index (χ4v) is 2.77. The number of aryl methyl sites for hydroxylation is 3. The molecule has 1 N–H and O–H groups in total. The minimum atomic E-state index is -0.121. The molecule has 0 bridgehead atoms. The molecule has 3 heterocycles. The zero-order chi connectivity index (χ0) is 14.1. The molecule has 1 amide bonds. The third-order valence-electron chi connectivity index (χ3n) is 3.85. The van der Waals surface area contributed by atoms with Gasteiger partial charge in [-0.05, 0) is 32.3 Å². The Bertz CT molecular complexity index is 627. The largest absolute Gasteiger partial charge is 0.456 e. The smallest absolute Gasteiger partial charge is 0.287 e. The van der Waals surface area contributed by atoms with E-state index in [0.29, 0.717) is 18.2 Å². The zero-order valence-corrected chi connectivity index (χ0v) is 11.8. The van der Waals surface area contributed by atoms with Gasteiger partial charge in [0, 0.05) is 37.5 Å². The van der Waals surface area contributed by atoms with Crippen LogP contribution in [0.3, 0.4) is 0 Å². The molecule has 0 saturated carbocycles. The number of amides is 1. The third kappa shape index (κ3) is 2.48. The summed E-state index contributed by atoms with van der Waals surface area (Å²) in [5, 5.41) is 2.98. The van der Waals surface area contributed by atoms with Gasteiger partial charge in [-0.2, -0.15) is 0 Å². The number of rotatable bonds is 3. The summed E-state index contributed by atoms with van der Waals surface area (Å²) in [6.07, 6.45) is 5.84. The van der Waals surface area contributed by atoms with E-state index in [4.69, 9.17) is 4.42 Å². The lowest BCUT2D eigenvalue weighted by Gasteiger charge is -2.23. The SMILES string of the molecule is Cc1cc(C)c(C(=O)NC[C@@H]2CCn3ccnc3C2)o1. The Morgan fingerprint density at radius 2 is 2.40 bits per heavy atom. The number of fused-ring (bicyclic) bond motifs is 1. The van der Waals surface area contributed by atoms with Gasteiger partial charge in [0.15, 0.2) is 5.76 Å². The molecule has 2 aromatic rings. The Kier molecular flexibility index (Phi) is 3.34. The summed E-state index contributed by atoms with van der Waals surface area (Å²) in [4.78, 5) is 16.4. The monoisotopic (exact) mass is 273 g/mol. The lowest BCUT2D eigenvalue weighted by atomic mass is 9.98. The molecular formula is C15H19N3O2. The number of carbonyl (C=O) groups excluding carboxylic acids is 1. The van der Waals surface area contributed by atoms with E-state index in [9.17, 15) is 4.79 Å². The van der Waals surface area contributed by atoms with Gasteiger partial charge in [-0.15, -0.1) is 0 Å². The molecule has 5 heteroatoms. The molecule has 106 valence electrons. The maximum Gasteiger partial charge on any atom is 0.287 e. The van der Waals surface area contributed by atoms with Crippen molar-refractivity contribution in [3.8, 4) is 0 Å². The van der Waals surface area contributed by atoms with Crippen LogP contribution in [0.25, 0.3) is 0 Å². The molecule has 0 radical (unpaired) electrons. The van der Waals surface area contributed by atoms with Crippen LogP contribution in [-0.4, -0.2) is 22.0 Å². The quantitative estimate of drug-likeness (QED) is 0.931. The van der Waals surface area contributed by atoms with E-state index < -0.39 is 0 Å². The van der Waals surface area contributed by atoms with E-state index >= 15 is 0 Å². The molecule has 0 aromatic carbocycles. The third-order valence-corrected chi connectivity index (χ3v) is 3.85.